The van der Waals surface area contributed by atoms with Crippen LogP contribution in [0.25, 0.3) is 11.0 Å². The van der Waals surface area contributed by atoms with Crippen molar-refractivity contribution in [1.29, 1.82) is 0 Å². The quantitative estimate of drug-likeness (QED) is 0.670. The number of aromatic nitrogens is 1. The summed E-state index contributed by atoms with van der Waals surface area (Å²) in [5.74, 6) is 0. The van der Waals surface area contributed by atoms with E-state index in [2.05, 4.69) is 20.9 Å². The Bertz CT molecular complexity index is 394. The molecule has 56 valence electrons. The Morgan fingerprint density at radius 2 is 2.27 bits per heavy atom. The summed E-state index contributed by atoms with van der Waals surface area (Å²) in [7, 11) is 0. The fraction of sp³-hybridized carbons (Fsp3) is 0.125. The van der Waals surface area contributed by atoms with E-state index in [9.17, 15) is 0 Å². The standard InChI is InChI=1S/C8H6BrNO/c1-5-2-10-3-7-8(5)6(9)4-11-7/h2-4H,1H3. The zero-order valence-electron chi connectivity index (χ0n) is 5.97. The van der Waals surface area contributed by atoms with Crippen LogP contribution in [0.4, 0.5) is 0 Å². The van der Waals surface area contributed by atoms with Crippen LogP contribution in [0.3, 0.4) is 0 Å². The lowest BCUT2D eigenvalue weighted by atomic mass is 10.2. The number of rotatable bonds is 0. The molecule has 0 N–H and O–H groups in total. The maximum Gasteiger partial charge on any atom is 0.153 e. The van der Waals surface area contributed by atoms with Crippen molar-refractivity contribution < 1.29 is 4.42 Å². The van der Waals surface area contributed by atoms with Crippen LogP contribution in [0.15, 0.2) is 27.5 Å². The van der Waals surface area contributed by atoms with Crippen molar-refractivity contribution in [3.05, 3.63) is 28.7 Å². The molecule has 0 saturated heterocycles. The van der Waals surface area contributed by atoms with E-state index in [4.69, 9.17) is 4.42 Å². The largest absolute Gasteiger partial charge is 0.461 e. The van der Waals surface area contributed by atoms with Crippen LogP contribution in [0.2, 0.25) is 0 Å². The SMILES string of the molecule is Cc1cncc2occ(Br)c12. The molecule has 0 aliphatic rings. The summed E-state index contributed by atoms with van der Waals surface area (Å²) in [6.45, 7) is 2.01. The minimum Gasteiger partial charge on any atom is -0.461 e. The van der Waals surface area contributed by atoms with E-state index in [0.29, 0.717) is 0 Å². The third-order valence-corrected chi connectivity index (χ3v) is 2.21. The zero-order chi connectivity index (χ0) is 7.84. The molecule has 2 aromatic rings. The fourth-order valence-electron chi connectivity index (χ4n) is 1.11. The lowest BCUT2D eigenvalue weighted by Crippen LogP contribution is -1.76. The first kappa shape index (κ1) is 6.85. The molecule has 11 heavy (non-hydrogen) atoms. The van der Waals surface area contributed by atoms with Gasteiger partial charge in [0.05, 0.1) is 10.7 Å². The Kier molecular flexibility index (Phi) is 1.46. The lowest BCUT2D eigenvalue weighted by molar-refractivity contribution is 0.612. The molecule has 0 fully saturated rings. The van der Waals surface area contributed by atoms with Crippen LogP contribution >= 0.6 is 15.9 Å². The molecule has 0 bridgehead atoms. The predicted octanol–water partition coefficient (Wildman–Crippen LogP) is 2.90. The van der Waals surface area contributed by atoms with E-state index in [1.54, 1.807) is 12.5 Å². The van der Waals surface area contributed by atoms with Crippen LogP contribution in [-0.4, -0.2) is 4.98 Å². The van der Waals surface area contributed by atoms with Crippen molar-refractivity contribution in [3.8, 4) is 0 Å². The number of furan rings is 1. The summed E-state index contributed by atoms with van der Waals surface area (Å²) < 4.78 is 6.21. The summed E-state index contributed by atoms with van der Waals surface area (Å²) in [4.78, 5) is 4.01. The van der Waals surface area contributed by atoms with Gasteiger partial charge < -0.3 is 4.42 Å². The number of pyridine rings is 1. The highest BCUT2D eigenvalue weighted by Crippen LogP contribution is 2.27. The van der Waals surface area contributed by atoms with Crippen molar-refractivity contribution in [2.24, 2.45) is 0 Å². The number of nitrogens with zero attached hydrogens (tertiary/aromatic N) is 1. The Labute approximate surface area is 72.4 Å². The maximum atomic E-state index is 5.22. The van der Waals surface area contributed by atoms with Crippen LogP contribution in [-0.2, 0) is 0 Å². The first-order valence-electron chi connectivity index (χ1n) is 3.26. The number of hydrogen-bond donors (Lipinski definition) is 0. The molecule has 3 heteroatoms. The van der Waals surface area contributed by atoms with Crippen molar-refractivity contribution in [1.82, 2.24) is 4.98 Å². The van der Waals surface area contributed by atoms with Crippen LogP contribution in [0, 0.1) is 6.92 Å². The Balaban J connectivity index is 2.96. The van der Waals surface area contributed by atoms with Crippen LogP contribution in [0.1, 0.15) is 5.56 Å². The van der Waals surface area contributed by atoms with Gasteiger partial charge >= 0.3 is 0 Å². The predicted molar refractivity (Wildman–Crippen MR) is 46.4 cm³/mol. The first-order valence-corrected chi connectivity index (χ1v) is 4.05. The fourth-order valence-corrected chi connectivity index (χ4v) is 1.71. The van der Waals surface area contributed by atoms with Crippen molar-refractivity contribution in [3.63, 3.8) is 0 Å². The minimum absolute atomic E-state index is 0.830. The topological polar surface area (TPSA) is 26.0 Å². The van der Waals surface area contributed by atoms with Crippen molar-refractivity contribution in [2.45, 2.75) is 6.92 Å². The van der Waals surface area contributed by atoms with Gasteiger partial charge in [-0.2, -0.15) is 0 Å². The van der Waals surface area contributed by atoms with Gasteiger partial charge in [0.15, 0.2) is 5.58 Å². The van der Waals surface area contributed by atoms with Gasteiger partial charge in [-0.15, -0.1) is 0 Å². The van der Waals surface area contributed by atoms with Crippen LogP contribution in [0.5, 0.6) is 0 Å². The van der Waals surface area contributed by atoms with E-state index in [-0.39, 0.29) is 0 Å². The van der Waals surface area contributed by atoms with E-state index >= 15 is 0 Å². The highest BCUT2D eigenvalue weighted by molar-refractivity contribution is 9.10. The normalized spacial score (nSPS) is 10.7. The summed E-state index contributed by atoms with van der Waals surface area (Å²) >= 11 is 3.40. The molecule has 0 amide bonds. The van der Waals surface area contributed by atoms with Gasteiger partial charge in [-0.25, -0.2) is 0 Å². The second kappa shape index (κ2) is 2.34. The molecule has 0 saturated carbocycles. The first-order chi connectivity index (χ1) is 5.29. The molecule has 0 aromatic carbocycles. The van der Waals surface area contributed by atoms with E-state index in [0.717, 1.165) is 21.0 Å². The summed E-state index contributed by atoms with van der Waals surface area (Å²) in [6, 6.07) is 0. The summed E-state index contributed by atoms with van der Waals surface area (Å²) in [5, 5.41) is 1.11. The molecule has 2 rings (SSSR count). The number of hydrogen-bond acceptors (Lipinski definition) is 2. The highest BCUT2D eigenvalue weighted by atomic mass is 79.9. The van der Waals surface area contributed by atoms with Gasteiger partial charge in [-0.05, 0) is 28.4 Å². The van der Waals surface area contributed by atoms with Gasteiger partial charge in [-0.1, -0.05) is 0 Å². The Morgan fingerprint density at radius 1 is 1.45 bits per heavy atom. The number of halogens is 1. The van der Waals surface area contributed by atoms with Gasteiger partial charge in [0.25, 0.3) is 0 Å². The third kappa shape index (κ3) is 0.959. The molecule has 0 aliphatic heterocycles. The molecule has 0 atom stereocenters. The summed E-state index contributed by atoms with van der Waals surface area (Å²) in [6.07, 6.45) is 5.22. The average molecular weight is 212 g/mol. The maximum absolute atomic E-state index is 5.22. The number of aryl methyl sites for hydroxylation is 1. The smallest absolute Gasteiger partial charge is 0.153 e. The van der Waals surface area contributed by atoms with Gasteiger partial charge in [-0.3, -0.25) is 4.98 Å². The molecular formula is C8H6BrNO. The second-order valence-corrected chi connectivity index (χ2v) is 3.27. The minimum atomic E-state index is 0.830. The lowest BCUT2D eigenvalue weighted by Gasteiger charge is -1.91. The molecule has 0 aliphatic carbocycles. The monoisotopic (exact) mass is 211 g/mol. The third-order valence-electron chi connectivity index (χ3n) is 1.63. The molecule has 0 unspecified atom stereocenters. The number of fused-ring (bicyclic) bond motifs is 1. The second-order valence-electron chi connectivity index (χ2n) is 2.41. The van der Waals surface area contributed by atoms with Gasteiger partial charge in [0.2, 0.25) is 0 Å². The van der Waals surface area contributed by atoms with E-state index in [1.807, 2.05) is 13.1 Å². The Morgan fingerprint density at radius 3 is 3.00 bits per heavy atom. The summed E-state index contributed by atoms with van der Waals surface area (Å²) in [5.41, 5.74) is 1.96. The molecule has 2 aromatic heterocycles. The molecule has 0 radical (unpaired) electrons. The molecular weight excluding hydrogens is 206 g/mol. The van der Waals surface area contributed by atoms with Crippen molar-refractivity contribution in [2.75, 3.05) is 0 Å². The van der Waals surface area contributed by atoms with Crippen LogP contribution < -0.4 is 0 Å². The molecule has 0 spiro atoms. The Hall–Kier alpha value is -0.830. The zero-order valence-corrected chi connectivity index (χ0v) is 7.55. The molecule has 2 heterocycles. The van der Waals surface area contributed by atoms with E-state index in [1.165, 1.54) is 0 Å². The highest BCUT2D eigenvalue weighted by Gasteiger charge is 2.04. The van der Waals surface area contributed by atoms with Gasteiger partial charge in [0, 0.05) is 11.6 Å². The molecule has 2 nitrogen and oxygen atoms in total. The van der Waals surface area contributed by atoms with Gasteiger partial charge in [0.1, 0.15) is 6.26 Å². The van der Waals surface area contributed by atoms with Crippen molar-refractivity contribution >= 4 is 26.9 Å². The average Bonchev–Trinajstić information content (AvgIpc) is 2.34. The van der Waals surface area contributed by atoms with E-state index < -0.39 is 0 Å².